The molecule has 116 valence electrons. The van der Waals surface area contributed by atoms with Crippen LogP contribution in [0.5, 0.6) is 0 Å². The molecular formula is C20H25NO. The van der Waals surface area contributed by atoms with Crippen molar-refractivity contribution in [3.8, 4) is 0 Å². The summed E-state index contributed by atoms with van der Waals surface area (Å²) in [5.41, 5.74) is 5.03. The predicted octanol–water partition coefficient (Wildman–Crippen LogP) is 5.00. The standard InChI is InChI=1S/C20H25NO/c1-6-7-15(4)12-18-13-21(20(22)16(18)5)19-10-8-17(9-11-19)14(2)3/h7-12,14H,5-6,13H2,1-4H3/b15-7-,18-12-. The first-order chi connectivity index (χ1) is 10.4. The Morgan fingerprint density at radius 2 is 1.95 bits per heavy atom. The highest BCUT2D eigenvalue weighted by Gasteiger charge is 2.29. The highest BCUT2D eigenvalue weighted by atomic mass is 16.2. The van der Waals surface area contributed by atoms with Crippen LogP contribution in [0.2, 0.25) is 0 Å². The Morgan fingerprint density at radius 3 is 2.50 bits per heavy atom. The number of benzene rings is 1. The Balaban J connectivity index is 2.25. The van der Waals surface area contributed by atoms with Gasteiger partial charge >= 0.3 is 0 Å². The van der Waals surface area contributed by atoms with Crippen molar-refractivity contribution in [1.82, 2.24) is 0 Å². The van der Waals surface area contributed by atoms with Crippen LogP contribution >= 0.6 is 0 Å². The van der Waals surface area contributed by atoms with Gasteiger partial charge in [0.25, 0.3) is 5.91 Å². The van der Waals surface area contributed by atoms with Gasteiger partial charge in [0.1, 0.15) is 0 Å². The van der Waals surface area contributed by atoms with Crippen LogP contribution in [-0.2, 0) is 4.79 Å². The van der Waals surface area contributed by atoms with Crippen LogP contribution in [0.4, 0.5) is 5.69 Å². The van der Waals surface area contributed by atoms with Crippen molar-refractivity contribution in [3.05, 3.63) is 65.3 Å². The molecule has 1 amide bonds. The summed E-state index contributed by atoms with van der Waals surface area (Å²) in [6, 6.07) is 8.25. The number of carbonyl (C=O) groups is 1. The number of anilines is 1. The van der Waals surface area contributed by atoms with Crippen molar-refractivity contribution in [1.29, 1.82) is 0 Å². The van der Waals surface area contributed by atoms with Gasteiger partial charge in [0, 0.05) is 11.3 Å². The van der Waals surface area contributed by atoms with E-state index in [2.05, 4.69) is 58.6 Å². The van der Waals surface area contributed by atoms with E-state index in [-0.39, 0.29) is 5.91 Å². The quantitative estimate of drug-likeness (QED) is 0.716. The summed E-state index contributed by atoms with van der Waals surface area (Å²) in [6.07, 6.45) is 5.23. The zero-order valence-corrected chi connectivity index (χ0v) is 14.0. The van der Waals surface area contributed by atoms with Crippen LogP contribution in [0.1, 0.15) is 45.6 Å². The maximum Gasteiger partial charge on any atom is 0.258 e. The molecule has 0 atom stereocenters. The van der Waals surface area contributed by atoms with Crippen molar-refractivity contribution in [3.63, 3.8) is 0 Å². The highest BCUT2D eigenvalue weighted by Crippen LogP contribution is 2.29. The Bertz CT molecular complexity index is 632. The van der Waals surface area contributed by atoms with Gasteiger partial charge in [0.2, 0.25) is 0 Å². The average molecular weight is 295 g/mol. The SMILES string of the molecule is C=C1C(=O)N(c2ccc(C(C)C)cc2)C/C1=C/C(C)=C\CC. The molecule has 1 saturated heterocycles. The van der Waals surface area contributed by atoms with Crippen molar-refractivity contribution in [2.24, 2.45) is 0 Å². The molecule has 22 heavy (non-hydrogen) atoms. The molecule has 0 unspecified atom stereocenters. The number of rotatable bonds is 4. The molecule has 0 bridgehead atoms. The first kappa shape index (κ1) is 16.3. The molecule has 0 aromatic heterocycles. The number of hydrogen-bond donors (Lipinski definition) is 0. The fraction of sp³-hybridized carbons (Fsp3) is 0.350. The second-order valence-corrected chi connectivity index (χ2v) is 6.14. The molecule has 2 heteroatoms. The molecule has 1 heterocycles. The van der Waals surface area contributed by atoms with Crippen LogP contribution in [-0.4, -0.2) is 12.5 Å². The molecule has 1 fully saturated rings. The minimum atomic E-state index is 0.00726. The van der Waals surface area contributed by atoms with Gasteiger partial charge < -0.3 is 4.90 Å². The van der Waals surface area contributed by atoms with Crippen molar-refractivity contribution >= 4 is 11.6 Å². The first-order valence-electron chi connectivity index (χ1n) is 7.92. The average Bonchev–Trinajstić information content (AvgIpc) is 2.76. The molecule has 2 nitrogen and oxygen atoms in total. The summed E-state index contributed by atoms with van der Waals surface area (Å²) < 4.78 is 0. The molecule has 1 aromatic carbocycles. The van der Waals surface area contributed by atoms with Gasteiger partial charge in [-0.3, -0.25) is 4.79 Å². The van der Waals surface area contributed by atoms with Crippen LogP contribution in [0, 0.1) is 0 Å². The lowest BCUT2D eigenvalue weighted by Gasteiger charge is -2.16. The summed E-state index contributed by atoms with van der Waals surface area (Å²) in [5, 5.41) is 0. The van der Waals surface area contributed by atoms with E-state index in [0.29, 0.717) is 18.0 Å². The van der Waals surface area contributed by atoms with E-state index in [1.54, 1.807) is 4.90 Å². The van der Waals surface area contributed by atoms with E-state index in [9.17, 15) is 4.79 Å². The summed E-state index contributed by atoms with van der Waals surface area (Å²) in [7, 11) is 0. The van der Waals surface area contributed by atoms with Gasteiger partial charge in [0.15, 0.2) is 0 Å². The third kappa shape index (κ3) is 3.38. The Kier molecular flexibility index (Phi) is 5.02. The van der Waals surface area contributed by atoms with E-state index in [1.165, 1.54) is 11.1 Å². The number of allylic oxidation sites excluding steroid dienone is 3. The first-order valence-corrected chi connectivity index (χ1v) is 7.92. The zero-order valence-electron chi connectivity index (χ0n) is 14.0. The van der Waals surface area contributed by atoms with E-state index >= 15 is 0 Å². The molecule has 2 rings (SSSR count). The van der Waals surface area contributed by atoms with Gasteiger partial charge in [-0.25, -0.2) is 0 Å². The van der Waals surface area contributed by atoms with E-state index in [4.69, 9.17) is 0 Å². The fourth-order valence-electron chi connectivity index (χ4n) is 2.67. The Labute approximate surface area is 133 Å². The molecular weight excluding hydrogens is 270 g/mol. The molecule has 0 spiro atoms. The predicted molar refractivity (Wildman–Crippen MR) is 94.2 cm³/mol. The lowest BCUT2D eigenvalue weighted by atomic mass is 10.0. The van der Waals surface area contributed by atoms with Crippen LogP contribution < -0.4 is 4.90 Å². The third-order valence-electron chi connectivity index (χ3n) is 4.02. The second-order valence-electron chi connectivity index (χ2n) is 6.14. The number of carbonyl (C=O) groups excluding carboxylic acids is 1. The second kappa shape index (κ2) is 6.78. The molecule has 0 saturated carbocycles. The smallest absolute Gasteiger partial charge is 0.258 e. The Hall–Kier alpha value is -2.09. The summed E-state index contributed by atoms with van der Waals surface area (Å²) in [4.78, 5) is 14.2. The maximum absolute atomic E-state index is 12.4. The van der Waals surface area contributed by atoms with Crippen molar-refractivity contribution in [2.75, 3.05) is 11.4 Å². The van der Waals surface area contributed by atoms with Gasteiger partial charge in [-0.1, -0.05) is 57.2 Å². The summed E-state index contributed by atoms with van der Waals surface area (Å²) in [5.74, 6) is 0.503. The van der Waals surface area contributed by atoms with Gasteiger partial charge in [-0.05, 0) is 42.5 Å². The lowest BCUT2D eigenvalue weighted by molar-refractivity contribution is -0.114. The third-order valence-corrected chi connectivity index (χ3v) is 4.02. The molecule has 0 aliphatic carbocycles. The molecule has 1 aliphatic rings. The monoisotopic (exact) mass is 295 g/mol. The van der Waals surface area contributed by atoms with Crippen LogP contribution in [0.15, 0.2) is 59.7 Å². The number of nitrogens with zero attached hydrogens (tertiary/aromatic N) is 1. The molecule has 0 radical (unpaired) electrons. The minimum Gasteiger partial charge on any atom is -0.304 e. The molecule has 1 aliphatic heterocycles. The topological polar surface area (TPSA) is 20.3 Å². The number of hydrogen-bond acceptors (Lipinski definition) is 1. The zero-order chi connectivity index (χ0) is 16.3. The fourth-order valence-corrected chi connectivity index (χ4v) is 2.67. The van der Waals surface area contributed by atoms with Crippen LogP contribution in [0.25, 0.3) is 0 Å². The van der Waals surface area contributed by atoms with E-state index in [1.807, 2.05) is 12.1 Å². The largest absolute Gasteiger partial charge is 0.304 e. The van der Waals surface area contributed by atoms with E-state index < -0.39 is 0 Å². The summed E-state index contributed by atoms with van der Waals surface area (Å²) >= 11 is 0. The lowest BCUT2D eigenvalue weighted by Crippen LogP contribution is -2.24. The van der Waals surface area contributed by atoms with E-state index in [0.717, 1.165) is 17.7 Å². The highest BCUT2D eigenvalue weighted by molar-refractivity contribution is 6.12. The number of amides is 1. The molecule has 0 N–H and O–H groups in total. The van der Waals surface area contributed by atoms with Crippen molar-refractivity contribution in [2.45, 2.75) is 40.0 Å². The Morgan fingerprint density at radius 1 is 1.32 bits per heavy atom. The normalized spacial score (nSPS) is 18.0. The van der Waals surface area contributed by atoms with Gasteiger partial charge in [-0.15, -0.1) is 0 Å². The molecule has 1 aromatic rings. The minimum absolute atomic E-state index is 0.00726. The summed E-state index contributed by atoms with van der Waals surface area (Å²) in [6.45, 7) is 13.1. The van der Waals surface area contributed by atoms with Gasteiger partial charge in [-0.2, -0.15) is 0 Å². The van der Waals surface area contributed by atoms with Crippen molar-refractivity contribution < 1.29 is 4.79 Å². The van der Waals surface area contributed by atoms with Crippen LogP contribution in [0.3, 0.4) is 0 Å². The maximum atomic E-state index is 12.4. The van der Waals surface area contributed by atoms with Gasteiger partial charge in [0.05, 0.1) is 6.54 Å².